The minimum atomic E-state index is 0.212. The molecule has 0 unspecified atom stereocenters. The number of aryl methyl sites for hydroxylation is 1. The molecule has 0 amide bonds. The second-order valence-electron chi connectivity index (χ2n) is 4.68. The van der Waals surface area contributed by atoms with E-state index >= 15 is 0 Å². The minimum Gasteiger partial charge on any atom is -0.463 e. The first-order valence-electron chi connectivity index (χ1n) is 6.42. The summed E-state index contributed by atoms with van der Waals surface area (Å²) in [7, 11) is 0. The van der Waals surface area contributed by atoms with Crippen LogP contribution in [0.4, 0.5) is 0 Å². The van der Waals surface area contributed by atoms with Gasteiger partial charge in [-0.3, -0.25) is 4.79 Å². The number of ether oxygens (including phenoxy) is 1. The number of furan rings is 1. The molecule has 3 rings (SSSR count). The molecule has 0 fully saturated rings. The molecule has 20 heavy (non-hydrogen) atoms. The van der Waals surface area contributed by atoms with Crippen molar-refractivity contribution < 1.29 is 13.9 Å². The molecule has 3 nitrogen and oxygen atoms in total. The molecule has 100 valence electrons. The highest BCUT2D eigenvalue weighted by Crippen LogP contribution is 2.34. The molecule has 0 atom stereocenters. The fourth-order valence-corrected chi connectivity index (χ4v) is 2.30. The zero-order valence-electron chi connectivity index (χ0n) is 11.1. The van der Waals surface area contributed by atoms with Crippen LogP contribution in [0.5, 0.6) is 0 Å². The molecule has 2 aromatic carbocycles. The lowest BCUT2D eigenvalue weighted by atomic mass is 10.1. The van der Waals surface area contributed by atoms with Crippen molar-refractivity contribution in [2.24, 2.45) is 0 Å². The van der Waals surface area contributed by atoms with E-state index in [2.05, 4.69) is 0 Å². The van der Waals surface area contributed by atoms with Gasteiger partial charge in [-0.15, -0.1) is 0 Å². The van der Waals surface area contributed by atoms with E-state index in [1.54, 1.807) is 0 Å². The lowest BCUT2D eigenvalue weighted by Gasteiger charge is -2.03. The Morgan fingerprint density at radius 1 is 1.10 bits per heavy atom. The molecular formula is C17H14O3. The molecule has 0 radical (unpaired) electrons. The van der Waals surface area contributed by atoms with Crippen LogP contribution >= 0.6 is 0 Å². The number of carbonyl (C=O) groups excluding carboxylic acids is 1. The molecule has 1 heterocycles. The zero-order chi connectivity index (χ0) is 13.9. The van der Waals surface area contributed by atoms with E-state index in [0.29, 0.717) is 6.47 Å². The van der Waals surface area contributed by atoms with Gasteiger partial charge in [-0.25, -0.2) is 0 Å². The number of fused-ring (bicyclic) bond motifs is 1. The highest BCUT2D eigenvalue weighted by Gasteiger charge is 2.15. The standard InChI is InChI=1S/C17H14O3/c1-12-6-8-13(9-7-12)17-15(10-19-11-18)14-4-2-3-5-16(14)20-17/h2-9,11H,10H2,1H3. The maximum Gasteiger partial charge on any atom is 0.293 e. The Morgan fingerprint density at radius 3 is 2.60 bits per heavy atom. The number of hydrogen-bond acceptors (Lipinski definition) is 3. The Morgan fingerprint density at radius 2 is 1.85 bits per heavy atom. The monoisotopic (exact) mass is 266 g/mol. The van der Waals surface area contributed by atoms with Gasteiger partial charge in [0.25, 0.3) is 6.47 Å². The molecule has 0 aliphatic carbocycles. The average molecular weight is 266 g/mol. The Balaban J connectivity index is 2.17. The predicted octanol–water partition coefficient (Wildman–Crippen LogP) is 4.08. The van der Waals surface area contributed by atoms with Gasteiger partial charge in [0.2, 0.25) is 0 Å². The van der Waals surface area contributed by atoms with Crippen LogP contribution in [0.1, 0.15) is 11.1 Å². The third-order valence-electron chi connectivity index (χ3n) is 3.31. The van der Waals surface area contributed by atoms with E-state index in [0.717, 1.165) is 27.9 Å². The quantitative estimate of drug-likeness (QED) is 0.668. The summed E-state index contributed by atoms with van der Waals surface area (Å²) < 4.78 is 10.9. The molecule has 3 heteroatoms. The van der Waals surface area contributed by atoms with E-state index in [9.17, 15) is 4.79 Å². The average Bonchev–Trinajstić information content (AvgIpc) is 2.84. The summed E-state index contributed by atoms with van der Waals surface area (Å²) >= 11 is 0. The Hall–Kier alpha value is -2.55. The first-order chi connectivity index (χ1) is 9.79. The van der Waals surface area contributed by atoms with Crippen LogP contribution < -0.4 is 0 Å². The lowest BCUT2D eigenvalue weighted by molar-refractivity contribution is -0.129. The van der Waals surface area contributed by atoms with Gasteiger partial charge in [-0.1, -0.05) is 48.0 Å². The van der Waals surface area contributed by atoms with Crippen LogP contribution in [0.25, 0.3) is 22.3 Å². The van der Waals surface area contributed by atoms with Crippen LogP contribution in [0.3, 0.4) is 0 Å². The van der Waals surface area contributed by atoms with Crippen LogP contribution in [0.15, 0.2) is 52.9 Å². The summed E-state index contributed by atoms with van der Waals surface area (Å²) in [6, 6.07) is 15.8. The third kappa shape index (κ3) is 2.18. The highest BCUT2D eigenvalue weighted by molar-refractivity contribution is 5.87. The molecule has 0 aliphatic heterocycles. The van der Waals surface area contributed by atoms with E-state index in [1.165, 1.54) is 5.56 Å². The van der Waals surface area contributed by atoms with Gasteiger partial charge < -0.3 is 9.15 Å². The Labute approximate surface area is 116 Å². The van der Waals surface area contributed by atoms with Crippen LogP contribution in [-0.4, -0.2) is 6.47 Å². The van der Waals surface area contributed by atoms with E-state index in [4.69, 9.17) is 9.15 Å². The number of rotatable bonds is 4. The van der Waals surface area contributed by atoms with Gasteiger partial charge in [0, 0.05) is 16.5 Å². The van der Waals surface area contributed by atoms with Crippen LogP contribution in [0, 0.1) is 6.92 Å². The maximum absolute atomic E-state index is 10.5. The van der Waals surface area contributed by atoms with Crippen molar-refractivity contribution in [3.05, 3.63) is 59.7 Å². The van der Waals surface area contributed by atoms with E-state index in [-0.39, 0.29) is 6.61 Å². The maximum atomic E-state index is 10.5. The number of carbonyl (C=O) groups is 1. The van der Waals surface area contributed by atoms with Gasteiger partial charge in [0.15, 0.2) is 0 Å². The van der Waals surface area contributed by atoms with Crippen molar-refractivity contribution in [3.8, 4) is 11.3 Å². The smallest absolute Gasteiger partial charge is 0.293 e. The van der Waals surface area contributed by atoms with Crippen molar-refractivity contribution in [2.75, 3.05) is 0 Å². The molecule has 0 aliphatic rings. The van der Waals surface area contributed by atoms with Gasteiger partial charge in [0.05, 0.1) is 0 Å². The molecule has 0 saturated heterocycles. The first kappa shape index (κ1) is 12.5. The number of hydrogen-bond donors (Lipinski definition) is 0. The first-order valence-corrected chi connectivity index (χ1v) is 6.42. The molecular weight excluding hydrogens is 252 g/mol. The van der Waals surface area contributed by atoms with Crippen molar-refractivity contribution in [3.63, 3.8) is 0 Å². The minimum absolute atomic E-state index is 0.212. The van der Waals surface area contributed by atoms with Crippen LogP contribution in [-0.2, 0) is 16.1 Å². The topological polar surface area (TPSA) is 39.4 Å². The second kappa shape index (κ2) is 5.21. The zero-order valence-corrected chi connectivity index (χ0v) is 11.1. The SMILES string of the molecule is Cc1ccc(-c2oc3ccccc3c2COC=O)cc1. The summed E-state index contributed by atoms with van der Waals surface area (Å²) in [5, 5.41) is 0.977. The molecule has 0 spiro atoms. The van der Waals surface area contributed by atoms with E-state index < -0.39 is 0 Å². The van der Waals surface area contributed by atoms with E-state index in [1.807, 2.05) is 55.5 Å². The van der Waals surface area contributed by atoms with Crippen molar-refractivity contribution in [1.82, 2.24) is 0 Å². The van der Waals surface area contributed by atoms with Crippen molar-refractivity contribution in [1.29, 1.82) is 0 Å². The molecule has 0 saturated carbocycles. The fourth-order valence-electron chi connectivity index (χ4n) is 2.30. The summed E-state index contributed by atoms with van der Waals surface area (Å²) in [5.74, 6) is 0.757. The molecule has 0 N–H and O–H groups in total. The van der Waals surface area contributed by atoms with Gasteiger partial charge in [0.1, 0.15) is 18.0 Å². The van der Waals surface area contributed by atoms with Crippen molar-refractivity contribution in [2.45, 2.75) is 13.5 Å². The highest BCUT2D eigenvalue weighted by atomic mass is 16.5. The van der Waals surface area contributed by atoms with Gasteiger partial charge in [-0.05, 0) is 13.0 Å². The van der Waals surface area contributed by atoms with Gasteiger partial charge in [-0.2, -0.15) is 0 Å². The molecule has 3 aromatic rings. The van der Waals surface area contributed by atoms with Crippen LogP contribution in [0.2, 0.25) is 0 Å². The summed E-state index contributed by atoms with van der Waals surface area (Å²) in [6.45, 7) is 2.71. The van der Waals surface area contributed by atoms with Gasteiger partial charge >= 0.3 is 0 Å². The normalized spacial score (nSPS) is 10.7. The predicted molar refractivity (Wildman–Crippen MR) is 77.2 cm³/mol. The third-order valence-corrected chi connectivity index (χ3v) is 3.31. The Kier molecular flexibility index (Phi) is 3.25. The second-order valence-corrected chi connectivity index (χ2v) is 4.68. The summed E-state index contributed by atoms with van der Waals surface area (Å²) in [5.41, 5.74) is 3.87. The number of benzene rings is 2. The summed E-state index contributed by atoms with van der Waals surface area (Å²) in [4.78, 5) is 10.5. The fraction of sp³-hybridized carbons (Fsp3) is 0.118. The summed E-state index contributed by atoms with van der Waals surface area (Å²) in [6.07, 6.45) is 0. The number of para-hydroxylation sites is 1. The largest absolute Gasteiger partial charge is 0.463 e. The lowest BCUT2D eigenvalue weighted by Crippen LogP contribution is -1.91. The molecule has 0 bridgehead atoms. The van der Waals surface area contributed by atoms with Crippen molar-refractivity contribution >= 4 is 17.4 Å². The molecule has 1 aromatic heterocycles. The Bertz CT molecular complexity index is 739.